The summed E-state index contributed by atoms with van der Waals surface area (Å²) in [7, 11) is 3.75. The molecule has 0 aromatic rings. The fourth-order valence-corrected chi connectivity index (χ4v) is 0. The number of rotatable bonds is 0. The Morgan fingerprint density at radius 2 is 0.846 bits per heavy atom. The van der Waals surface area contributed by atoms with Crippen molar-refractivity contribution in [2.24, 2.45) is 11.3 Å². The first-order valence-electron chi connectivity index (χ1n) is 4.73. The van der Waals surface area contributed by atoms with Crippen LogP contribution in [-0.2, 0) is 0 Å². The van der Waals surface area contributed by atoms with Gasteiger partial charge in [-0.15, -0.1) is 0 Å². The Labute approximate surface area is 87.3 Å². The Balaban J connectivity index is -0.0000000465. The Bertz CT molecular complexity index is 51.3. The van der Waals surface area contributed by atoms with E-state index in [2.05, 4.69) is 53.8 Å². The quantitative estimate of drug-likeness (QED) is 0.605. The summed E-state index contributed by atoms with van der Waals surface area (Å²) < 4.78 is 0. The Morgan fingerprint density at radius 1 is 0.846 bits per heavy atom. The van der Waals surface area contributed by atoms with Crippen molar-refractivity contribution in [3.63, 3.8) is 0 Å². The summed E-state index contributed by atoms with van der Waals surface area (Å²) >= 11 is 0. The second-order valence-electron chi connectivity index (χ2n) is 5.23. The fraction of sp³-hybridized carbons (Fsp3) is 1.00. The van der Waals surface area contributed by atoms with Crippen molar-refractivity contribution in [3.05, 3.63) is 0 Å². The Hall–Kier alpha value is -0.0400. The van der Waals surface area contributed by atoms with Crippen LogP contribution in [0, 0.1) is 11.3 Å². The molecule has 0 bridgehead atoms. The Kier molecular flexibility index (Phi) is 25.7. The van der Waals surface area contributed by atoms with E-state index in [9.17, 15) is 0 Å². The monoisotopic (exact) mass is 191 g/mol. The van der Waals surface area contributed by atoms with E-state index in [1.807, 2.05) is 14.1 Å². The van der Waals surface area contributed by atoms with Crippen molar-refractivity contribution in [2.45, 2.75) is 55.9 Å². The van der Waals surface area contributed by atoms with Gasteiger partial charge < -0.3 is 5.32 Å². The van der Waals surface area contributed by atoms with E-state index in [1.54, 1.807) is 0 Å². The van der Waals surface area contributed by atoms with E-state index in [0.717, 1.165) is 5.92 Å². The van der Waals surface area contributed by atoms with E-state index in [0.29, 0.717) is 5.41 Å². The third-order valence-corrected chi connectivity index (χ3v) is 0. The number of nitrogens with one attached hydrogen (secondary N) is 1. The maximum absolute atomic E-state index is 2.75. The molecule has 1 nitrogen and oxygen atoms in total. The topological polar surface area (TPSA) is 12.0 Å². The van der Waals surface area contributed by atoms with Gasteiger partial charge in [0.05, 0.1) is 0 Å². The van der Waals surface area contributed by atoms with Crippen LogP contribution in [0.4, 0.5) is 0 Å². The molecule has 0 saturated heterocycles. The lowest BCUT2D eigenvalue weighted by Gasteiger charge is -2.05. The molecule has 0 heterocycles. The van der Waals surface area contributed by atoms with Crippen LogP contribution in [-0.4, -0.2) is 14.1 Å². The molecule has 0 aliphatic carbocycles. The highest BCUT2D eigenvalue weighted by atomic mass is 14.7. The van der Waals surface area contributed by atoms with Crippen LogP contribution in [0.15, 0.2) is 0 Å². The van der Waals surface area contributed by atoms with Gasteiger partial charge in [0.15, 0.2) is 0 Å². The highest BCUT2D eigenvalue weighted by Gasteiger charge is 1.95. The van der Waals surface area contributed by atoms with Crippen molar-refractivity contribution in [1.29, 1.82) is 0 Å². The molecule has 0 fully saturated rings. The highest BCUT2D eigenvalue weighted by Crippen LogP contribution is 2.07. The molecule has 0 aromatic heterocycles. The first-order chi connectivity index (χ1) is 5.15. The molecule has 0 atom stereocenters. The number of hydrogen-bond acceptors (Lipinski definition) is 1. The zero-order valence-electron chi connectivity index (χ0n) is 10.6. The van der Waals surface area contributed by atoms with Crippen LogP contribution in [0.5, 0.6) is 0 Å². The lowest BCUT2D eigenvalue weighted by Crippen LogP contribution is -1.93. The van der Waals surface area contributed by atoms with Gasteiger partial charge in [-0.2, -0.15) is 0 Å². The molecule has 86 valence electrons. The van der Waals surface area contributed by atoms with Gasteiger partial charge in [-0.25, -0.2) is 0 Å². The molecule has 0 amide bonds. The van der Waals surface area contributed by atoms with Crippen molar-refractivity contribution >= 4 is 0 Å². The summed E-state index contributed by atoms with van der Waals surface area (Å²) in [5.41, 5.74) is 0.500. The minimum atomic E-state index is 0. The average molecular weight is 191 g/mol. The van der Waals surface area contributed by atoms with Crippen LogP contribution >= 0.6 is 0 Å². The Morgan fingerprint density at radius 3 is 0.846 bits per heavy atom. The smallest absolute Gasteiger partial charge is 0.0167 e. The molecular weight excluding hydrogens is 158 g/mol. The normalized spacial score (nSPS) is 8.77. The van der Waals surface area contributed by atoms with E-state index < -0.39 is 0 Å². The van der Waals surface area contributed by atoms with Crippen LogP contribution < -0.4 is 5.32 Å². The summed E-state index contributed by atoms with van der Waals surface area (Å²) in [4.78, 5) is 0. The van der Waals surface area contributed by atoms with Crippen LogP contribution in [0.1, 0.15) is 55.9 Å². The maximum Gasteiger partial charge on any atom is -0.0167 e. The summed E-state index contributed by atoms with van der Waals surface area (Å²) in [5, 5.41) is 2.75. The SMILES string of the molecule is C.CC(C)(C)C.CC(C)C.CNC. The van der Waals surface area contributed by atoms with Gasteiger partial charge in [-0.05, 0) is 25.4 Å². The molecule has 13 heavy (non-hydrogen) atoms. The van der Waals surface area contributed by atoms with Gasteiger partial charge >= 0.3 is 0 Å². The van der Waals surface area contributed by atoms with Gasteiger partial charge in [-0.3, -0.25) is 0 Å². The molecule has 0 radical (unpaired) electrons. The lowest BCUT2D eigenvalue weighted by molar-refractivity contribution is 0.469. The largest absolute Gasteiger partial charge is 0.323 e. The van der Waals surface area contributed by atoms with Gasteiger partial charge in [0.25, 0.3) is 0 Å². The second kappa shape index (κ2) is 14.5. The summed E-state index contributed by atoms with van der Waals surface area (Å²) in [6.45, 7) is 15.2. The second-order valence-corrected chi connectivity index (χ2v) is 5.23. The van der Waals surface area contributed by atoms with Gasteiger partial charge in [-0.1, -0.05) is 55.9 Å². The van der Waals surface area contributed by atoms with E-state index in [-0.39, 0.29) is 7.43 Å². The maximum atomic E-state index is 2.75. The van der Waals surface area contributed by atoms with E-state index in [1.165, 1.54) is 0 Å². The lowest BCUT2D eigenvalue weighted by atomic mass is 10.0. The minimum absolute atomic E-state index is 0. The molecule has 0 aliphatic rings. The predicted molar refractivity (Wildman–Crippen MR) is 67.4 cm³/mol. The standard InChI is InChI=1S/C5H12.C4H10.C2H7N.CH4/c1-5(2,3)4;1-4(2)3;1-3-2;/h1-4H3;4H,1-3H3;3H,1-2H3;1H4. The molecule has 0 aromatic carbocycles. The average Bonchev–Trinajstić information content (AvgIpc) is 1.56. The van der Waals surface area contributed by atoms with Crippen molar-refractivity contribution < 1.29 is 0 Å². The number of hydrogen-bond donors (Lipinski definition) is 1. The zero-order valence-corrected chi connectivity index (χ0v) is 10.6. The molecule has 1 heteroatoms. The third-order valence-electron chi connectivity index (χ3n) is 0. The van der Waals surface area contributed by atoms with Crippen LogP contribution in [0.2, 0.25) is 0 Å². The third kappa shape index (κ3) is 742000. The predicted octanol–water partition coefficient (Wildman–Crippen LogP) is 4.19. The highest BCUT2D eigenvalue weighted by molar-refractivity contribution is 4.47. The van der Waals surface area contributed by atoms with E-state index in [4.69, 9.17) is 0 Å². The molecule has 0 rings (SSSR count). The molecule has 0 spiro atoms. The van der Waals surface area contributed by atoms with E-state index >= 15 is 0 Å². The van der Waals surface area contributed by atoms with Crippen LogP contribution in [0.25, 0.3) is 0 Å². The zero-order chi connectivity index (χ0) is 10.8. The van der Waals surface area contributed by atoms with Crippen molar-refractivity contribution in [3.8, 4) is 0 Å². The van der Waals surface area contributed by atoms with Crippen LogP contribution in [0.3, 0.4) is 0 Å². The first kappa shape index (κ1) is 23.1. The summed E-state index contributed by atoms with van der Waals surface area (Å²) in [6, 6.07) is 0. The molecule has 0 aliphatic heterocycles. The summed E-state index contributed by atoms with van der Waals surface area (Å²) in [5.74, 6) is 0.833. The van der Waals surface area contributed by atoms with Crippen molar-refractivity contribution in [2.75, 3.05) is 14.1 Å². The molecule has 0 saturated carbocycles. The molecule has 1 N–H and O–H groups in total. The minimum Gasteiger partial charge on any atom is -0.323 e. The first-order valence-corrected chi connectivity index (χ1v) is 4.73. The van der Waals surface area contributed by atoms with Gasteiger partial charge in [0, 0.05) is 0 Å². The van der Waals surface area contributed by atoms with Crippen molar-refractivity contribution in [1.82, 2.24) is 5.32 Å². The molecule has 0 unspecified atom stereocenters. The molecular formula is C12H33N. The van der Waals surface area contributed by atoms with Gasteiger partial charge in [0.2, 0.25) is 0 Å². The fourth-order valence-electron chi connectivity index (χ4n) is 0. The van der Waals surface area contributed by atoms with Gasteiger partial charge in [0.1, 0.15) is 0 Å². The summed E-state index contributed by atoms with van der Waals surface area (Å²) in [6.07, 6.45) is 0.